The van der Waals surface area contributed by atoms with E-state index in [0.717, 1.165) is 36.6 Å². The summed E-state index contributed by atoms with van der Waals surface area (Å²) in [5.41, 5.74) is 2.23. The SMILES string of the molecule is CC(NC(=O)C1CC1)c1nc2ccccc2n1CCC1CCCCC1. The number of amides is 1. The number of carbonyl (C=O) groups excluding carboxylic acids is 1. The Hall–Kier alpha value is -1.84. The molecule has 0 bridgehead atoms. The zero-order valence-electron chi connectivity index (χ0n) is 15.2. The van der Waals surface area contributed by atoms with Crippen LogP contribution in [0.1, 0.15) is 70.2 Å². The first kappa shape index (κ1) is 16.6. The number of nitrogens with zero attached hydrogens (tertiary/aromatic N) is 2. The number of aromatic nitrogens is 2. The summed E-state index contributed by atoms with van der Waals surface area (Å²) < 4.78 is 2.35. The zero-order valence-corrected chi connectivity index (χ0v) is 15.2. The molecule has 1 N–H and O–H groups in total. The Morgan fingerprint density at radius 2 is 1.96 bits per heavy atom. The monoisotopic (exact) mass is 339 g/mol. The van der Waals surface area contributed by atoms with Gasteiger partial charge in [0.05, 0.1) is 17.1 Å². The van der Waals surface area contributed by atoms with Gasteiger partial charge in [0.2, 0.25) is 5.91 Å². The first-order chi connectivity index (χ1) is 12.2. The van der Waals surface area contributed by atoms with Crippen LogP contribution in [0.25, 0.3) is 11.0 Å². The number of aryl methyl sites for hydroxylation is 1. The maximum absolute atomic E-state index is 12.2. The molecule has 4 nitrogen and oxygen atoms in total. The molecule has 0 spiro atoms. The number of nitrogens with one attached hydrogen (secondary N) is 1. The number of para-hydroxylation sites is 2. The summed E-state index contributed by atoms with van der Waals surface area (Å²) in [6, 6.07) is 8.32. The molecule has 2 fully saturated rings. The fourth-order valence-electron chi connectivity index (χ4n) is 4.19. The second kappa shape index (κ2) is 7.19. The lowest BCUT2D eigenvalue weighted by atomic mass is 9.87. The Morgan fingerprint density at radius 1 is 1.20 bits per heavy atom. The number of hydrogen-bond donors (Lipinski definition) is 1. The van der Waals surface area contributed by atoms with Crippen molar-refractivity contribution in [3.05, 3.63) is 30.1 Å². The summed E-state index contributed by atoms with van der Waals surface area (Å²) >= 11 is 0. The third kappa shape index (κ3) is 3.73. The molecule has 0 radical (unpaired) electrons. The molecule has 1 aromatic heterocycles. The van der Waals surface area contributed by atoms with Crippen LogP contribution in [0.3, 0.4) is 0 Å². The maximum Gasteiger partial charge on any atom is 0.223 e. The number of imidazole rings is 1. The fraction of sp³-hybridized carbons (Fsp3) is 0.619. The van der Waals surface area contributed by atoms with Crippen molar-refractivity contribution in [3.8, 4) is 0 Å². The average molecular weight is 339 g/mol. The lowest BCUT2D eigenvalue weighted by molar-refractivity contribution is -0.123. The highest BCUT2D eigenvalue weighted by Crippen LogP contribution is 2.31. The van der Waals surface area contributed by atoms with Crippen LogP contribution in [0.2, 0.25) is 0 Å². The van der Waals surface area contributed by atoms with Crippen LogP contribution < -0.4 is 5.32 Å². The lowest BCUT2D eigenvalue weighted by Crippen LogP contribution is -2.30. The van der Waals surface area contributed by atoms with E-state index in [-0.39, 0.29) is 17.9 Å². The second-order valence-corrected chi connectivity index (χ2v) is 7.91. The van der Waals surface area contributed by atoms with E-state index in [1.807, 2.05) is 6.07 Å². The van der Waals surface area contributed by atoms with Gasteiger partial charge in [0.15, 0.2) is 0 Å². The van der Waals surface area contributed by atoms with Crippen LogP contribution in [-0.4, -0.2) is 15.5 Å². The molecule has 4 rings (SSSR count). The van der Waals surface area contributed by atoms with Crippen molar-refractivity contribution in [1.82, 2.24) is 14.9 Å². The second-order valence-electron chi connectivity index (χ2n) is 7.91. The van der Waals surface area contributed by atoms with Crippen molar-refractivity contribution >= 4 is 16.9 Å². The molecule has 25 heavy (non-hydrogen) atoms. The van der Waals surface area contributed by atoms with Crippen molar-refractivity contribution in [2.24, 2.45) is 11.8 Å². The number of rotatable bonds is 6. The molecule has 2 aromatic rings. The first-order valence-electron chi connectivity index (χ1n) is 9.98. The lowest BCUT2D eigenvalue weighted by Gasteiger charge is -2.23. The third-order valence-electron chi connectivity index (χ3n) is 5.86. The molecule has 1 heterocycles. The van der Waals surface area contributed by atoms with Gasteiger partial charge in [-0.25, -0.2) is 4.98 Å². The summed E-state index contributed by atoms with van der Waals surface area (Å²) in [6.07, 6.45) is 10.2. The molecule has 2 saturated carbocycles. The van der Waals surface area contributed by atoms with E-state index in [0.29, 0.717) is 0 Å². The van der Waals surface area contributed by atoms with Gasteiger partial charge in [-0.05, 0) is 44.2 Å². The molecule has 2 aliphatic carbocycles. The van der Waals surface area contributed by atoms with E-state index in [1.54, 1.807) is 0 Å². The van der Waals surface area contributed by atoms with Crippen molar-refractivity contribution in [2.75, 3.05) is 0 Å². The number of benzene rings is 1. The summed E-state index contributed by atoms with van der Waals surface area (Å²) in [6.45, 7) is 3.07. The number of carbonyl (C=O) groups is 1. The van der Waals surface area contributed by atoms with E-state index in [4.69, 9.17) is 4.98 Å². The smallest absolute Gasteiger partial charge is 0.223 e. The highest BCUT2D eigenvalue weighted by molar-refractivity contribution is 5.81. The molecule has 1 aromatic carbocycles. The van der Waals surface area contributed by atoms with Gasteiger partial charge in [-0.2, -0.15) is 0 Å². The van der Waals surface area contributed by atoms with Crippen molar-refractivity contribution in [3.63, 3.8) is 0 Å². The van der Waals surface area contributed by atoms with E-state index in [1.165, 1.54) is 44.0 Å². The fourth-order valence-corrected chi connectivity index (χ4v) is 4.19. The zero-order chi connectivity index (χ0) is 17.2. The summed E-state index contributed by atoms with van der Waals surface area (Å²) in [5.74, 6) is 2.28. The quantitative estimate of drug-likeness (QED) is 0.836. The van der Waals surface area contributed by atoms with Gasteiger partial charge in [-0.15, -0.1) is 0 Å². The Kier molecular flexibility index (Phi) is 4.78. The Morgan fingerprint density at radius 3 is 2.72 bits per heavy atom. The standard InChI is InChI=1S/C21H29N3O/c1-15(22-21(25)17-11-12-17)20-23-18-9-5-6-10-19(18)24(20)14-13-16-7-3-2-4-8-16/h5-6,9-10,15-17H,2-4,7-8,11-14H2,1H3,(H,22,25). The number of fused-ring (bicyclic) bond motifs is 1. The summed E-state index contributed by atoms with van der Waals surface area (Å²) in [5, 5.41) is 3.18. The van der Waals surface area contributed by atoms with E-state index >= 15 is 0 Å². The predicted octanol–water partition coefficient (Wildman–Crippen LogP) is 4.59. The molecule has 4 heteroatoms. The molecule has 1 unspecified atom stereocenters. The molecular formula is C21H29N3O. The minimum absolute atomic E-state index is 0.0353. The Labute approximate surface area is 150 Å². The van der Waals surface area contributed by atoms with Crippen molar-refractivity contribution in [2.45, 2.75) is 70.9 Å². The van der Waals surface area contributed by atoms with Crippen LogP contribution in [0.5, 0.6) is 0 Å². The van der Waals surface area contributed by atoms with Gasteiger partial charge in [-0.3, -0.25) is 4.79 Å². The largest absolute Gasteiger partial charge is 0.346 e. The highest BCUT2D eigenvalue weighted by Gasteiger charge is 2.31. The minimum Gasteiger partial charge on any atom is -0.346 e. The van der Waals surface area contributed by atoms with Gasteiger partial charge < -0.3 is 9.88 Å². The van der Waals surface area contributed by atoms with Gasteiger partial charge in [0.25, 0.3) is 0 Å². The maximum atomic E-state index is 12.2. The van der Waals surface area contributed by atoms with E-state index < -0.39 is 0 Å². The molecule has 1 amide bonds. The Balaban J connectivity index is 1.55. The number of hydrogen-bond acceptors (Lipinski definition) is 2. The van der Waals surface area contributed by atoms with Crippen LogP contribution in [0, 0.1) is 11.8 Å². The van der Waals surface area contributed by atoms with Crippen LogP contribution in [0.15, 0.2) is 24.3 Å². The van der Waals surface area contributed by atoms with Crippen LogP contribution in [0.4, 0.5) is 0 Å². The van der Waals surface area contributed by atoms with Gasteiger partial charge in [-0.1, -0.05) is 44.2 Å². The highest BCUT2D eigenvalue weighted by atomic mass is 16.2. The normalized spacial score (nSPS) is 19.9. The molecule has 1 atom stereocenters. The van der Waals surface area contributed by atoms with Gasteiger partial charge in [0, 0.05) is 12.5 Å². The van der Waals surface area contributed by atoms with Gasteiger partial charge in [0.1, 0.15) is 5.82 Å². The van der Waals surface area contributed by atoms with Crippen molar-refractivity contribution < 1.29 is 4.79 Å². The van der Waals surface area contributed by atoms with E-state index in [2.05, 4.69) is 35.0 Å². The average Bonchev–Trinajstić information content (AvgIpc) is 3.42. The van der Waals surface area contributed by atoms with Crippen LogP contribution in [-0.2, 0) is 11.3 Å². The summed E-state index contributed by atoms with van der Waals surface area (Å²) in [4.78, 5) is 17.0. The van der Waals surface area contributed by atoms with Crippen LogP contribution >= 0.6 is 0 Å². The van der Waals surface area contributed by atoms with Gasteiger partial charge >= 0.3 is 0 Å². The molecule has 2 aliphatic rings. The third-order valence-corrected chi connectivity index (χ3v) is 5.86. The molecule has 134 valence electrons. The molecule has 0 aliphatic heterocycles. The molecular weight excluding hydrogens is 310 g/mol. The minimum atomic E-state index is -0.0353. The van der Waals surface area contributed by atoms with Crippen molar-refractivity contribution in [1.29, 1.82) is 0 Å². The van der Waals surface area contributed by atoms with E-state index in [9.17, 15) is 4.79 Å². The topological polar surface area (TPSA) is 46.9 Å². The molecule has 0 saturated heterocycles. The Bertz CT molecular complexity index is 741. The predicted molar refractivity (Wildman–Crippen MR) is 100 cm³/mol. The first-order valence-corrected chi connectivity index (χ1v) is 9.98. The summed E-state index contributed by atoms with van der Waals surface area (Å²) in [7, 11) is 0.